The second-order valence-electron chi connectivity index (χ2n) is 5.81. The molecule has 3 N–H and O–H groups in total. The summed E-state index contributed by atoms with van der Waals surface area (Å²) in [5, 5.41) is 16.0. The summed E-state index contributed by atoms with van der Waals surface area (Å²) in [4.78, 5) is 22.6. The van der Waals surface area contributed by atoms with E-state index in [-0.39, 0.29) is 12.5 Å². The quantitative estimate of drug-likeness (QED) is 0.607. The maximum atomic E-state index is 11.5. The van der Waals surface area contributed by atoms with Crippen molar-refractivity contribution in [3.8, 4) is 0 Å². The Bertz CT molecular complexity index is 338. The molecular weight excluding hydrogens is 260 g/mol. The molecule has 0 aromatic carbocycles. The summed E-state index contributed by atoms with van der Waals surface area (Å²) in [6.45, 7) is 4.22. The Morgan fingerprint density at radius 1 is 1.40 bits per heavy atom. The van der Waals surface area contributed by atoms with Gasteiger partial charge >= 0.3 is 5.97 Å². The van der Waals surface area contributed by atoms with Gasteiger partial charge in [-0.2, -0.15) is 0 Å². The van der Waals surface area contributed by atoms with Gasteiger partial charge in [0, 0.05) is 20.0 Å². The van der Waals surface area contributed by atoms with Crippen LogP contribution in [0.1, 0.15) is 39.5 Å². The molecule has 1 aliphatic carbocycles. The predicted molar refractivity (Wildman–Crippen MR) is 75.1 cm³/mol. The number of esters is 1. The van der Waals surface area contributed by atoms with Crippen LogP contribution in [0.4, 0.5) is 0 Å². The Morgan fingerprint density at radius 3 is 2.50 bits per heavy atom. The van der Waals surface area contributed by atoms with Crippen LogP contribution in [0, 0.1) is 5.92 Å². The molecule has 0 radical (unpaired) electrons. The molecule has 0 aliphatic heterocycles. The Hall–Kier alpha value is -1.14. The van der Waals surface area contributed by atoms with Crippen LogP contribution < -0.4 is 10.6 Å². The van der Waals surface area contributed by atoms with Gasteiger partial charge < -0.3 is 20.5 Å². The van der Waals surface area contributed by atoms with Crippen molar-refractivity contribution < 1.29 is 19.4 Å². The number of ether oxygens (including phenoxy) is 1. The van der Waals surface area contributed by atoms with Crippen LogP contribution in [-0.4, -0.2) is 48.8 Å². The van der Waals surface area contributed by atoms with Gasteiger partial charge in [0.05, 0.1) is 12.7 Å². The lowest BCUT2D eigenvalue weighted by Crippen LogP contribution is -2.51. The molecule has 6 nitrogen and oxygen atoms in total. The molecule has 1 aliphatic rings. The van der Waals surface area contributed by atoms with E-state index in [1.165, 1.54) is 14.0 Å². The summed E-state index contributed by atoms with van der Waals surface area (Å²) >= 11 is 0. The smallest absolute Gasteiger partial charge is 0.329 e. The van der Waals surface area contributed by atoms with Crippen molar-refractivity contribution in [2.45, 2.75) is 51.2 Å². The summed E-state index contributed by atoms with van der Waals surface area (Å²) in [5.74, 6) is -0.109. The van der Waals surface area contributed by atoms with E-state index >= 15 is 0 Å². The van der Waals surface area contributed by atoms with Gasteiger partial charge in [0.15, 0.2) is 0 Å². The summed E-state index contributed by atoms with van der Waals surface area (Å²) in [7, 11) is 1.28. The lowest BCUT2D eigenvalue weighted by molar-refractivity contribution is -0.144. The largest absolute Gasteiger partial charge is 0.467 e. The minimum atomic E-state index is -0.719. The predicted octanol–water partition coefficient (Wildman–Crippen LogP) is 0.195. The van der Waals surface area contributed by atoms with E-state index in [0.717, 1.165) is 25.7 Å². The molecule has 0 aromatic heterocycles. The number of methoxy groups -OCH3 is 1. The third-order valence-electron chi connectivity index (χ3n) is 3.87. The van der Waals surface area contributed by atoms with Gasteiger partial charge in [-0.25, -0.2) is 4.79 Å². The van der Waals surface area contributed by atoms with Crippen molar-refractivity contribution in [2.75, 3.05) is 20.2 Å². The Labute approximate surface area is 120 Å². The standard InChI is InChI=1S/C14H26N2O4/c1-10-4-6-14(19,7-5-10)9-15-8-12(13(18)20-3)16-11(2)17/h10,12,15,19H,4-9H2,1-3H3,(H,16,17). The van der Waals surface area contributed by atoms with E-state index in [1.807, 2.05) is 0 Å². The van der Waals surface area contributed by atoms with Crippen LogP contribution in [0.5, 0.6) is 0 Å². The Balaban J connectivity index is 2.39. The highest BCUT2D eigenvalue weighted by Gasteiger charge is 2.32. The number of hydrogen-bond donors (Lipinski definition) is 3. The minimum absolute atomic E-state index is 0.254. The van der Waals surface area contributed by atoms with Gasteiger partial charge in [0.2, 0.25) is 5.91 Å². The number of carbonyl (C=O) groups is 2. The molecule has 20 heavy (non-hydrogen) atoms. The first-order chi connectivity index (χ1) is 9.36. The first kappa shape index (κ1) is 16.9. The molecule has 0 saturated heterocycles. The number of amides is 1. The average Bonchev–Trinajstić information content (AvgIpc) is 2.40. The molecule has 1 fully saturated rings. The zero-order chi connectivity index (χ0) is 15.2. The Morgan fingerprint density at radius 2 is 2.00 bits per heavy atom. The van der Waals surface area contributed by atoms with E-state index < -0.39 is 17.6 Å². The number of rotatable bonds is 6. The normalized spacial score (nSPS) is 27.7. The Kier molecular flexibility index (Phi) is 6.42. The summed E-state index contributed by atoms with van der Waals surface area (Å²) < 4.78 is 4.64. The first-order valence-electron chi connectivity index (χ1n) is 7.14. The number of carbonyl (C=O) groups excluding carboxylic acids is 2. The van der Waals surface area contributed by atoms with Gasteiger partial charge in [0.25, 0.3) is 0 Å². The summed E-state index contributed by atoms with van der Waals surface area (Å²) in [6.07, 6.45) is 3.57. The van der Waals surface area contributed by atoms with Crippen molar-refractivity contribution in [2.24, 2.45) is 5.92 Å². The lowest BCUT2D eigenvalue weighted by Gasteiger charge is -2.35. The van der Waals surface area contributed by atoms with Gasteiger partial charge in [0.1, 0.15) is 6.04 Å². The van der Waals surface area contributed by atoms with Crippen LogP contribution in [0.15, 0.2) is 0 Å². The minimum Gasteiger partial charge on any atom is -0.467 e. The maximum Gasteiger partial charge on any atom is 0.329 e. The fourth-order valence-corrected chi connectivity index (χ4v) is 2.51. The van der Waals surface area contributed by atoms with Gasteiger partial charge in [-0.05, 0) is 31.6 Å². The van der Waals surface area contributed by atoms with E-state index in [0.29, 0.717) is 12.5 Å². The molecule has 1 unspecified atom stereocenters. The highest BCUT2D eigenvalue weighted by atomic mass is 16.5. The van der Waals surface area contributed by atoms with Crippen molar-refractivity contribution in [1.29, 1.82) is 0 Å². The zero-order valence-corrected chi connectivity index (χ0v) is 12.6. The van der Waals surface area contributed by atoms with Crippen molar-refractivity contribution >= 4 is 11.9 Å². The van der Waals surface area contributed by atoms with Crippen molar-refractivity contribution in [3.63, 3.8) is 0 Å². The molecule has 116 valence electrons. The van der Waals surface area contributed by atoms with Crippen LogP contribution in [0.3, 0.4) is 0 Å². The monoisotopic (exact) mass is 286 g/mol. The molecule has 0 bridgehead atoms. The lowest BCUT2D eigenvalue weighted by atomic mass is 9.79. The molecule has 1 rings (SSSR count). The molecule has 0 aromatic rings. The van der Waals surface area contributed by atoms with Crippen molar-refractivity contribution in [3.05, 3.63) is 0 Å². The second kappa shape index (κ2) is 7.59. The molecular formula is C14H26N2O4. The zero-order valence-electron chi connectivity index (χ0n) is 12.6. The second-order valence-corrected chi connectivity index (χ2v) is 5.81. The number of nitrogens with one attached hydrogen (secondary N) is 2. The third-order valence-corrected chi connectivity index (χ3v) is 3.87. The van der Waals surface area contributed by atoms with Gasteiger partial charge in [-0.3, -0.25) is 4.79 Å². The maximum absolute atomic E-state index is 11.5. The molecule has 1 amide bonds. The van der Waals surface area contributed by atoms with E-state index in [4.69, 9.17) is 0 Å². The topological polar surface area (TPSA) is 87.7 Å². The highest BCUT2D eigenvalue weighted by Crippen LogP contribution is 2.31. The van der Waals surface area contributed by atoms with Crippen molar-refractivity contribution in [1.82, 2.24) is 10.6 Å². The SMILES string of the molecule is COC(=O)C(CNCC1(O)CCC(C)CC1)NC(C)=O. The fourth-order valence-electron chi connectivity index (χ4n) is 2.51. The van der Waals surface area contributed by atoms with Gasteiger partial charge in [-0.1, -0.05) is 6.92 Å². The molecule has 1 saturated carbocycles. The molecule has 0 spiro atoms. The third kappa shape index (κ3) is 5.46. The van der Waals surface area contributed by atoms with E-state index in [2.05, 4.69) is 22.3 Å². The summed E-state index contributed by atoms with van der Waals surface area (Å²) in [5.41, 5.74) is -0.705. The average molecular weight is 286 g/mol. The highest BCUT2D eigenvalue weighted by molar-refractivity contribution is 5.83. The van der Waals surface area contributed by atoms with Crippen LogP contribution >= 0.6 is 0 Å². The van der Waals surface area contributed by atoms with Crippen LogP contribution in [0.25, 0.3) is 0 Å². The number of aliphatic hydroxyl groups is 1. The molecule has 1 atom stereocenters. The molecule has 6 heteroatoms. The van der Waals surface area contributed by atoms with Gasteiger partial charge in [-0.15, -0.1) is 0 Å². The van der Waals surface area contributed by atoms with E-state index in [9.17, 15) is 14.7 Å². The summed E-state index contributed by atoms with van der Waals surface area (Å²) in [6, 6.07) is -0.719. The molecule has 0 heterocycles. The first-order valence-corrected chi connectivity index (χ1v) is 7.14. The fraction of sp³-hybridized carbons (Fsp3) is 0.857. The van der Waals surface area contributed by atoms with Crippen LogP contribution in [0.2, 0.25) is 0 Å². The number of hydrogen-bond acceptors (Lipinski definition) is 5. The van der Waals surface area contributed by atoms with E-state index in [1.54, 1.807) is 0 Å². The van der Waals surface area contributed by atoms with Crippen LogP contribution in [-0.2, 0) is 14.3 Å².